The van der Waals surface area contributed by atoms with Crippen molar-refractivity contribution in [3.05, 3.63) is 0 Å². The highest BCUT2D eigenvalue weighted by Crippen LogP contribution is 2.42. The third kappa shape index (κ3) is 3.72. The zero-order valence-corrected chi connectivity index (χ0v) is 16.3. The van der Waals surface area contributed by atoms with Crippen LogP contribution in [-0.4, -0.2) is 85.8 Å². The lowest BCUT2D eigenvalue weighted by atomic mass is 9.87. The van der Waals surface area contributed by atoms with E-state index in [2.05, 4.69) is 0 Å². The van der Waals surface area contributed by atoms with Crippen LogP contribution in [0.1, 0.15) is 39.5 Å². The van der Waals surface area contributed by atoms with Crippen molar-refractivity contribution >= 4 is 11.8 Å². The number of nitrogens with zero attached hydrogens (tertiary/aromatic N) is 2. The first kappa shape index (κ1) is 19.1. The minimum Gasteiger partial charge on any atom is -0.349 e. The zero-order valence-electron chi connectivity index (χ0n) is 16.3. The topological polar surface area (TPSA) is 77.5 Å². The minimum absolute atomic E-state index is 0.104. The predicted octanol–water partition coefficient (Wildman–Crippen LogP) is 0.744. The maximum Gasteiger partial charge on any atom is 0.219 e. The van der Waals surface area contributed by atoms with Gasteiger partial charge in [0, 0.05) is 65.7 Å². The van der Waals surface area contributed by atoms with E-state index in [0.717, 1.165) is 0 Å². The third-order valence-corrected chi connectivity index (χ3v) is 6.51. The zero-order chi connectivity index (χ0) is 19.1. The second-order valence-electron chi connectivity index (χ2n) is 8.49. The van der Waals surface area contributed by atoms with Crippen molar-refractivity contribution in [3.63, 3.8) is 0 Å². The maximum atomic E-state index is 11.5. The van der Waals surface area contributed by atoms with Gasteiger partial charge >= 0.3 is 0 Å². The van der Waals surface area contributed by atoms with E-state index in [0.29, 0.717) is 78.3 Å². The normalized spacial score (nSPS) is 29.3. The molecule has 0 aliphatic carbocycles. The number of ether oxygens (including phenoxy) is 4. The Balaban J connectivity index is 1.28. The quantitative estimate of drug-likeness (QED) is 0.615. The first-order valence-corrected chi connectivity index (χ1v) is 9.92. The van der Waals surface area contributed by atoms with Gasteiger partial charge in [-0.3, -0.25) is 9.59 Å². The van der Waals surface area contributed by atoms with Crippen LogP contribution in [-0.2, 0) is 28.5 Å². The van der Waals surface area contributed by atoms with Crippen LogP contribution in [0.3, 0.4) is 0 Å². The number of hydrogen-bond acceptors (Lipinski definition) is 6. The molecule has 152 valence electrons. The lowest BCUT2D eigenvalue weighted by Crippen LogP contribution is -2.62. The first-order valence-electron chi connectivity index (χ1n) is 9.92. The molecule has 0 aromatic carbocycles. The number of carbonyl (C=O) groups is 2. The highest BCUT2D eigenvalue weighted by Gasteiger charge is 2.52. The van der Waals surface area contributed by atoms with Crippen LogP contribution in [0.4, 0.5) is 0 Å². The first-order chi connectivity index (χ1) is 12.9. The molecule has 4 saturated heterocycles. The van der Waals surface area contributed by atoms with Crippen LogP contribution in [0.5, 0.6) is 0 Å². The van der Waals surface area contributed by atoms with Crippen LogP contribution in [0, 0.1) is 5.41 Å². The number of carbonyl (C=O) groups excluding carboxylic acids is 2. The van der Waals surface area contributed by atoms with Gasteiger partial charge in [-0.05, 0) is 0 Å². The molecule has 0 atom stereocenters. The molecule has 4 fully saturated rings. The van der Waals surface area contributed by atoms with E-state index in [1.54, 1.807) is 13.8 Å². The largest absolute Gasteiger partial charge is 0.349 e. The summed E-state index contributed by atoms with van der Waals surface area (Å²) in [7, 11) is 0. The van der Waals surface area contributed by atoms with Crippen LogP contribution in [0.15, 0.2) is 0 Å². The summed E-state index contributed by atoms with van der Waals surface area (Å²) in [6, 6.07) is 0. The highest BCUT2D eigenvalue weighted by molar-refractivity contribution is 5.73. The Bertz CT molecular complexity index is 517. The van der Waals surface area contributed by atoms with Crippen molar-refractivity contribution < 1.29 is 28.5 Å². The summed E-state index contributed by atoms with van der Waals surface area (Å²) in [6.07, 6.45) is 2.81. The molecule has 0 unspecified atom stereocenters. The van der Waals surface area contributed by atoms with E-state index in [4.69, 9.17) is 18.9 Å². The molecule has 3 spiro atoms. The molecule has 8 heteroatoms. The molecule has 0 aromatic rings. The van der Waals surface area contributed by atoms with Crippen molar-refractivity contribution in [2.24, 2.45) is 5.41 Å². The molecule has 0 aromatic heterocycles. The Kier molecular flexibility index (Phi) is 4.95. The highest BCUT2D eigenvalue weighted by atomic mass is 16.7. The fourth-order valence-corrected chi connectivity index (χ4v) is 4.37. The van der Waals surface area contributed by atoms with Crippen LogP contribution >= 0.6 is 0 Å². The fraction of sp³-hybridized carbons (Fsp3) is 0.895. The molecule has 8 nitrogen and oxygen atoms in total. The summed E-state index contributed by atoms with van der Waals surface area (Å²) >= 11 is 0. The molecule has 4 aliphatic rings. The molecule has 0 N–H and O–H groups in total. The van der Waals surface area contributed by atoms with Crippen LogP contribution < -0.4 is 0 Å². The smallest absolute Gasteiger partial charge is 0.219 e. The van der Waals surface area contributed by atoms with Gasteiger partial charge in [-0.25, -0.2) is 0 Å². The van der Waals surface area contributed by atoms with Gasteiger partial charge in [-0.15, -0.1) is 0 Å². The number of piperidine rings is 2. The van der Waals surface area contributed by atoms with Gasteiger partial charge in [0.15, 0.2) is 11.6 Å². The van der Waals surface area contributed by atoms with Crippen molar-refractivity contribution in [1.82, 2.24) is 9.80 Å². The van der Waals surface area contributed by atoms with Gasteiger partial charge in [-0.2, -0.15) is 0 Å². The van der Waals surface area contributed by atoms with Gasteiger partial charge in [0.05, 0.1) is 31.8 Å². The van der Waals surface area contributed by atoms with Gasteiger partial charge in [0.25, 0.3) is 0 Å². The van der Waals surface area contributed by atoms with Crippen molar-refractivity contribution in [2.45, 2.75) is 51.1 Å². The van der Waals surface area contributed by atoms with Gasteiger partial charge in [0.2, 0.25) is 11.8 Å². The summed E-state index contributed by atoms with van der Waals surface area (Å²) in [6.45, 7) is 8.06. The summed E-state index contributed by atoms with van der Waals surface area (Å²) in [5, 5.41) is 0. The maximum absolute atomic E-state index is 11.5. The SMILES string of the molecule is CC(=O)N1CCC2(CC1)OCC1(CO2)COC2(CCN(C(C)=O)CC2)OC1. The predicted molar refractivity (Wildman–Crippen MR) is 94.7 cm³/mol. The molecule has 2 amide bonds. The van der Waals surface area contributed by atoms with Crippen LogP contribution in [0.25, 0.3) is 0 Å². The monoisotopic (exact) mass is 382 g/mol. The molecule has 27 heavy (non-hydrogen) atoms. The Morgan fingerprint density at radius 1 is 0.630 bits per heavy atom. The summed E-state index contributed by atoms with van der Waals surface area (Å²) in [5.41, 5.74) is -0.272. The molecule has 0 bridgehead atoms. The average Bonchev–Trinajstić information content (AvgIpc) is 2.68. The van der Waals surface area contributed by atoms with E-state index in [-0.39, 0.29) is 17.2 Å². The number of rotatable bonds is 0. The molecular formula is C19H30N2O6. The van der Waals surface area contributed by atoms with Crippen molar-refractivity contribution in [3.8, 4) is 0 Å². The summed E-state index contributed by atoms with van der Waals surface area (Å²) in [4.78, 5) is 26.7. The summed E-state index contributed by atoms with van der Waals surface area (Å²) < 4.78 is 24.7. The molecular weight excluding hydrogens is 352 g/mol. The van der Waals surface area contributed by atoms with E-state index in [9.17, 15) is 9.59 Å². The van der Waals surface area contributed by atoms with Crippen molar-refractivity contribution in [2.75, 3.05) is 52.6 Å². The van der Waals surface area contributed by atoms with E-state index in [1.807, 2.05) is 9.80 Å². The molecule has 4 aliphatic heterocycles. The van der Waals surface area contributed by atoms with Gasteiger partial charge < -0.3 is 28.7 Å². The lowest BCUT2D eigenvalue weighted by molar-refractivity contribution is -0.377. The van der Waals surface area contributed by atoms with E-state index >= 15 is 0 Å². The fourth-order valence-electron chi connectivity index (χ4n) is 4.37. The Labute approximate surface area is 160 Å². The standard InChI is InChI=1S/C19H30N2O6/c1-15(22)20-7-3-18(4-8-20)24-11-17(12-25-18)13-26-19(27-14-17)5-9-21(10-6-19)16(2)23/h3-14H2,1-2H3. The van der Waals surface area contributed by atoms with E-state index < -0.39 is 11.6 Å². The Hall–Kier alpha value is -1.22. The average molecular weight is 382 g/mol. The van der Waals surface area contributed by atoms with E-state index in [1.165, 1.54) is 0 Å². The minimum atomic E-state index is -0.570. The van der Waals surface area contributed by atoms with Crippen molar-refractivity contribution in [1.29, 1.82) is 0 Å². The number of hydrogen-bond donors (Lipinski definition) is 0. The molecule has 4 heterocycles. The summed E-state index contributed by atoms with van der Waals surface area (Å²) in [5.74, 6) is -0.933. The number of likely N-dealkylation sites (tertiary alicyclic amines) is 2. The molecule has 0 saturated carbocycles. The Morgan fingerprint density at radius 3 is 1.19 bits per heavy atom. The lowest BCUT2D eigenvalue weighted by Gasteiger charge is -2.53. The second-order valence-corrected chi connectivity index (χ2v) is 8.49. The van der Waals surface area contributed by atoms with Gasteiger partial charge in [-0.1, -0.05) is 0 Å². The molecule has 0 radical (unpaired) electrons. The second kappa shape index (κ2) is 6.99. The van der Waals surface area contributed by atoms with Crippen LogP contribution in [0.2, 0.25) is 0 Å². The Morgan fingerprint density at radius 2 is 0.926 bits per heavy atom. The molecule has 4 rings (SSSR count). The number of amides is 2. The van der Waals surface area contributed by atoms with Gasteiger partial charge in [0.1, 0.15) is 0 Å². The third-order valence-electron chi connectivity index (χ3n) is 6.51.